The first-order valence-electron chi connectivity index (χ1n) is 5.36. The summed E-state index contributed by atoms with van der Waals surface area (Å²) in [6, 6.07) is 0. The fourth-order valence-electron chi connectivity index (χ4n) is 1.36. The van der Waals surface area contributed by atoms with Crippen LogP contribution in [0.1, 0.15) is 39.4 Å². The second kappa shape index (κ2) is 5.42. The molecule has 1 unspecified atom stereocenters. The lowest BCUT2D eigenvalue weighted by Crippen LogP contribution is -2.33. The Bertz CT molecular complexity index is 299. The van der Waals surface area contributed by atoms with Crippen LogP contribution in [0.5, 0.6) is 0 Å². The molecule has 5 heteroatoms. The van der Waals surface area contributed by atoms with Gasteiger partial charge in [-0.3, -0.25) is 0 Å². The summed E-state index contributed by atoms with van der Waals surface area (Å²) in [6.45, 7) is 6.46. The maximum Gasteiger partial charge on any atom is 0.202 e. The van der Waals surface area contributed by atoms with E-state index in [-0.39, 0.29) is 0 Å². The minimum absolute atomic E-state index is 0.527. The Labute approximate surface area is 94.9 Å². The highest BCUT2D eigenvalue weighted by atomic mass is 32.1. The zero-order valence-electron chi connectivity index (χ0n) is 9.58. The van der Waals surface area contributed by atoms with Crippen LogP contribution in [0.2, 0.25) is 0 Å². The average molecular weight is 229 g/mol. The van der Waals surface area contributed by atoms with Crippen LogP contribution in [0.25, 0.3) is 0 Å². The van der Waals surface area contributed by atoms with Crippen LogP contribution in [-0.2, 0) is 6.42 Å². The number of aliphatic hydroxyl groups is 1. The monoisotopic (exact) mass is 229 g/mol. The quantitative estimate of drug-likeness (QED) is 0.784. The third-order valence-corrected chi connectivity index (χ3v) is 2.90. The molecule has 0 amide bonds. The van der Waals surface area contributed by atoms with Crippen molar-refractivity contribution in [2.45, 2.75) is 45.6 Å². The topological polar surface area (TPSA) is 58.0 Å². The van der Waals surface area contributed by atoms with Gasteiger partial charge in [0.25, 0.3) is 0 Å². The normalized spacial score (nSPS) is 14.9. The average Bonchev–Trinajstić information content (AvgIpc) is 2.62. The highest BCUT2D eigenvalue weighted by molar-refractivity contribution is 7.09. The van der Waals surface area contributed by atoms with Crippen molar-refractivity contribution in [1.29, 1.82) is 0 Å². The van der Waals surface area contributed by atoms with Gasteiger partial charge in [0.05, 0.1) is 5.60 Å². The highest BCUT2D eigenvalue weighted by Gasteiger charge is 2.19. The van der Waals surface area contributed by atoms with Crippen molar-refractivity contribution in [3.8, 4) is 0 Å². The molecule has 0 aromatic carbocycles. The molecule has 2 N–H and O–H groups in total. The minimum atomic E-state index is -0.660. The Kier molecular flexibility index (Phi) is 4.47. The third kappa shape index (κ3) is 4.13. The van der Waals surface area contributed by atoms with E-state index in [1.807, 2.05) is 13.8 Å². The first-order chi connectivity index (χ1) is 7.07. The molecule has 0 fully saturated rings. The molecular formula is C10H19N3OS. The van der Waals surface area contributed by atoms with Gasteiger partial charge in [0.2, 0.25) is 5.13 Å². The second-order valence-corrected chi connectivity index (χ2v) is 4.72. The summed E-state index contributed by atoms with van der Waals surface area (Å²) in [6.07, 6.45) is 2.62. The molecule has 86 valence electrons. The Morgan fingerprint density at radius 2 is 2.20 bits per heavy atom. The van der Waals surface area contributed by atoms with E-state index >= 15 is 0 Å². The van der Waals surface area contributed by atoms with Gasteiger partial charge >= 0.3 is 0 Å². The molecule has 1 heterocycles. The van der Waals surface area contributed by atoms with Gasteiger partial charge in [0.1, 0.15) is 5.82 Å². The van der Waals surface area contributed by atoms with E-state index in [4.69, 9.17) is 0 Å². The number of hydrogen-bond donors (Lipinski definition) is 2. The molecular weight excluding hydrogens is 210 g/mol. The number of aryl methyl sites for hydroxylation is 1. The van der Waals surface area contributed by atoms with Gasteiger partial charge in [-0.05, 0) is 13.3 Å². The Morgan fingerprint density at radius 3 is 2.73 bits per heavy atom. The number of anilines is 1. The zero-order valence-corrected chi connectivity index (χ0v) is 10.4. The lowest BCUT2D eigenvalue weighted by molar-refractivity contribution is 0.0637. The van der Waals surface area contributed by atoms with E-state index in [0.29, 0.717) is 6.54 Å². The number of aromatic nitrogens is 2. The molecule has 4 nitrogen and oxygen atoms in total. The standard InChI is InChI=1S/C10H19N3OS/c1-4-6-10(3,14)7-11-9-12-8(5-2)13-15-9/h14H,4-7H2,1-3H3,(H,11,12,13). The zero-order chi connectivity index (χ0) is 11.3. The molecule has 0 aliphatic carbocycles. The number of hydrogen-bond acceptors (Lipinski definition) is 5. The van der Waals surface area contributed by atoms with E-state index in [1.54, 1.807) is 0 Å². The lowest BCUT2D eigenvalue weighted by Gasteiger charge is -2.22. The van der Waals surface area contributed by atoms with Gasteiger partial charge in [-0.15, -0.1) is 0 Å². The summed E-state index contributed by atoms with van der Waals surface area (Å²) < 4.78 is 4.17. The lowest BCUT2D eigenvalue weighted by atomic mass is 10.0. The summed E-state index contributed by atoms with van der Waals surface area (Å²) in [7, 11) is 0. The number of rotatable bonds is 6. The molecule has 0 bridgehead atoms. The fraction of sp³-hybridized carbons (Fsp3) is 0.800. The van der Waals surface area contributed by atoms with Crippen molar-refractivity contribution in [1.82, 2.24) is 9.36 Å². The van der Waals surface area contributed by atoms with Gasteiger partial charge in [0, 0.05) is 24.5 Å². The van der Waals surface area contributed by atoms with Crippen molar-refractivity contribution in [2.75, 3.05) is 11.9 Å². The SMILES string of the molecule is CCCC(C)(O)CNc1nc(CC)ns1. The molecule has 0 aliphatic heterocycles. The van der Waals surface area contributed by atoms with E-state index < -0.39 is 5.60 Å². The fourth-order valence-corrected chi connectivity index (χ4v) is 2.01. The van der Waals surface area contributed by atoms with Crippen LogP contribution in [0, 0.1) is 0 Å². The van der Waals surface area contributed by atoms with Crippen LogP contribution >= 0.6 is 11.5 Å². The summed E-state index contributed by atoms with van der Waals surface area (Å²) in [5, 5.41) is 13.8. The van der Waals surface area contributed by atoms with Gasteiger partial charge in [-0.25, -0.2) is 4.98 Å². The van der Waals surface area contributed by atoms with Crippen LogP contribution in [0.15, 0.2) is 0 Å². The van der Waals surface area contributed by atoms with E-state index in [2.05, 4.69) is 21.6 Å². The predicted molar refractivity (Wildman–Crippen MR) is 63.3 cm³/mol. The predicted octanol–water partition coefficient (Wildman–Crippen LogP) is 2.06. The molecule has 1 atom stereocenters. The van der Waals surface area contributed by atoms with Crippen molar-refractivity contribution in [2.24, 2.45) is 0 Å². The maximum absolute atomic E-state index is 9.93. The summed E-state index contributed by atoms with van der Waals surface area (Å²) >= 11 is 1.35. The molecule has 0 saturated carbocycles. The van der Waals surface area contributed by atoms with Crippen LogP contribution in [-0.4, -0.2) is 26.6 Å². The highest BCUT2D eigenvalue weighted by Crippen LogP contribution is 2.16. The molecule has 15 heavy (non-hydrogen) atoms. The molecule has 1 aromatic rings. The second-order valence-electron chi connectivity index (χ2n) is 3.97. The maximum atomic E-state index is 9.93. The Morgan fingerprint density at radius 1 is 1.47 bits per heavy atom. The molecule has 1 rings (SSSR count). The van der Waals surface area contributed by atoms with Gasteiger partial charge in [0.15, 0.2) is 0 Å². The van der Waals surface area contributed by atoms with Gasteiger partial charge < -0.3 is 10.4 Å². The molecule has 1 aromatic heterocycles. The Hall–Kier alpha value is -0.680. The largest absolute Gasteiger partial charge is 0.388 e. The smallest absolute Gasteiger partial charge is 0.202 e. The van der Waals surface area contributed by atoms with Crippen molar-refractivity contribution in [3.63, 3.8) is 0 Å². The summed E-state index contributed by atoms with van der Waals surface area (Å²) in [5.74, 6) is 0.859. The van der Waals surface area contributed by atoms with Gasteiger partial charge in [-0.1, -0.05) is 20.3 Å². The van der Waals surface area contributed by atoms with Crippen molar-refractivity contribution in [3.05, 3.63) is 5.82 Å². The summed E-state index contributed by atoms with van der Waals surface area (Å²) in [5.41, 5.74) is -0.660. The Balaban J connectivity index is 2.42. The molecule has 0 spiro atoms. The van der Waals surface area contributed by atoms with E-state index in [9.17, 15) is 5.11 Å². The molecule has 0 aliphatic rings. The first-order valence-corrected chi connectivity index (χ1v) is 6.13. The molecule has 0 saturated heterocycles. The van der Waals surface area contributed by atoms with E-state index in [0.717, 1.165) is 30.2 Å². The number of nitrogens with one attached hydrogen (secondary N) is 1. The summed E-state index contributed by atoms with van der Waals surface area (Å²) in [4.78, 5) is 4.28. The minimum Gasteiger partial charge on any atom is -0.388 e. The third-order valence-electron chi connectivity index (χ3n) is 2.19. The van der Waals surface area contributed by atoms with E-state index in [1.165, 1.54) is 11.5 Å². The van der Waals surface area contributed by atoms with Crippen LogP contribution in [0.3, 0.4) is 0 Å². The van der Waals surface area contributed by atoms with Crippen molar-refractivity contribution >= 4 is 16.7 Å². The first kappa shape index (κ1) is 12.4. The van der Waals surface area contributed by atoms with Crippen LogP contribution < -0.4 is 5.32 Å². The van der Waals surface area contributed by atoms with Crippen molar-refractivity contribution < 1.29 is 5.11 Å². The number of nitrogens with zero attached hydrogens (tertiary/aromatic N) is 2. The van der Waals surface area contributed by atoms with Gasteiger partial charge in [-0.2, -0.15) is 4.37 Å². The molecule has 0 radical (unpaired) electrons. The van der Waals surface area contributed by atoms with Crippen LogP contribution in [0.4, 0.5) is 5.13 Å².